The second-order valence-electron chi connectivity index (χ2n) is 4.43. The van der Waals surface area contributed by atoms with E-state index in [4.69, 9.17) is 5.73 Å². The SMILES string of the molecule is CCC(CC)c1nc2c(N)cc(C(F)(F)F)cn2n1. The van der Waals surface area contributed by atoms with E-state index in [1.165, 1.54) is 0 Å². The van der Waals surface area contributed by atoms with Crippen molar-refractivity contribution in [3.05, 3.63) is 23.7 Å². The third-order valence-corrected chi connectivity index (χ3v) is 3.16. The summed E-state index contributed by atoms with van der Waals surface area (Å²) >= 11 is 0. The standard InChI is InChI=1S/C12H15F3N4/c1-3-7(4-2)10-17-11-9(16)5-8(12(13,14)15)6-19(11)18-10/h5-7H,3-4,16H2,1-2H3. The number of nitrogen functional groups attached to an aromatic ring is 1. The lowest BCUT2D eigenvalue weighted by Crippen LogP contribution is -2.08. The summed E-state index contributed by atoms with van der Waals surface area (Å²) in [6.45, 7) is 3.98. The van der Waals surface area contributed by atoms with Crippen LogP contribution in [0, 0.1) is 0 Å². The molecular weight excluding hydrogens is 257 g/mol. The van der Waals surface area contributed by atoms with Gasteiger partial charge in [-0.1, -0.05) is 13.8 Å². The number of alkyl halides is 3. The summed E-state index contributed by atoms with van der Waals surface area (Å²) < 4.78 is 39.1. The molecular formula is C12H15F3N4. The van der Waals surface area contributed by atoms with Gasteiger partial charge in [0.15, 0.2) is 11.5 Å². The first-order valence-electron chi connectivity index (χ1n) is 6.09. The first kappa shape index (κ1) is 13.6. The number of nitrogens with zero attached hydrogens (tertiary/aromatic N) is 3. The summed E-state index contributed by atoms with van der Waals surface area (Å²) in [7, 11) is 0. The Morgan fingerprint density at radius 1 is 1.32 bits per heavy atom. The number of rotatable bonds is 3. The van der Waals surface area contributed by atoms with Crippen LogP contribution < -0.4 is 5.73 Å². The van der Waals surface area contributed by atoms with E-state index < -0.39 is 11.7 Å². The van der Waals surface area contributed by atoms with Crippen molar-refractivity contribution < 1.29 is 13.2 Å². The predicted molar refractivity (Wildman–Crippen MR) is 65.7 cm³/mol. The van der Waals surface area contributed by atoms with Crippen LogP contribution in [-0.2, 0) is 6.18 Å². The molecule has 7 heteroatoms. The molecule has 0 aromatic carbocycles. The van der Waals surface area contributed by atoms with Gasteiger partial charge in [-0.25, -0.2) is 9.50 Å². The number of aromatic nitrogens is 3. The van der Waals surface area contributed by atoms with Gasteiger partial charge in [-0.05, 0) is 18.9 Å². The normalized spacial score (nSPS) is 12.5. The van der Waals surface area contributed by atoms with Crippen molar-refractivity contribution in [2.75, 3.05) is 5.73 Å². The summed E-state index contributed by atoms with van der Waals surface area (Å²) in [5.74, 6) is 0.671. The average molecular weight is 272 g/mol. The quantitative estimate of drug-likeness (QED) is 0.933. The van der Waals surface area contributed by atoms with Gasteiger partial charge in [0, 0.05) is 12.1 Å². The van der Waals surface area contributed by atoms with Gasteiger partial charge in [0.05, 0.1) is 11.3 Å². The summed E-state index contributed by atoms with van der Waals surface area (Å²) in [4.78, 5) is 4.24. The van der Waals surface area contributed by atoms with Crippen molar-refractivity contribution in [3.8, 4) is 0 Å². The predicted octanol–water partition coefficient (Wildman–Crippen LogP) is 3.23. The van der Waals surface area contributed by atoms with Crippen LogP contribution in [0.2, 0.25) is 0 Å². The Bertz CT molecular complexity index is 584. The van der Waals surface area contributed by atoms with Crippen molar-refractivity contribution in [1.29, 1.82) is 0 Å². The first-order valence-corrected chi connectivity index (χ1v) is 6.09. The fraction of sp³-hybridized carbons (Fsp3) is 0.500. The van der Waals surface area contributed by atoms with Gasteiger partial charge in [-0.2, -0.15) is 18.3 Å². The fourth-order valence-electron chi connectivity index (χ4n) is 2.01. The monoisotopic (exact) mass is 272 g/mol. The van der Waals surface area contributed by atoms with E-state index in [1.54, 1.807) is 0 Å². The van der Waals surface area contributed by atoms with Crippen LogP contribution >= 0.6 is 0 Å². The zero-order chi connectivity index (χ0) is 14.2. The van der Waals surface area contributed by atoms with E-state index in [1.807, 2.05) is 13.8 Å². The summed E-state index contributed by atoms with van der Waals surface area (Å²) in [6.07, 6.45) is -1.85. The molecule has 2 aromatic heterocycles. The van der Waals surface area contributed by atoms with E-state index in [9.17, 15) is 13.2 Å². The van der Waals surface area contributed by atoms with Gasteiger partial charge >= 0.3 is 6.18 Å². The number of anilines is 1. The minimum absolute atomic E-state index is 0.0143. The Balaban J connectivity index is 2.57. The summed E-state index contributed by atoms with van der Waals surface area (Å²) in [5.41, 5.74) is 5.06. The van der Waals surface area contributed by atoms with Crippen LogP contribution in [0.15, 0.2) is 12.3 Å². The van der Waals surface area contributed by atoms with Gasteiger partial charge in [-0.3, -0.25) is 0 Å². The molecule has 2 aromatic rings. The summed E-state index contributed by atoms with van der Waals surface area (Å²) in [5, 5.41) is 4.12. The fourth-order valence-corrected chi connectivity index (χ4v) is 2.01. The molecule has 19 heavy (non-hydrogen) atoms. The number of pyridine rings is 1. The molecule has 2 N–H and O–H groups in total. The maximum Gasteiger partial charge on any atom is 0.417 e. The van der Waals surface area contributed by atoms with E-state index in [0.29, 0.717) is 5.82 Å². The molecule has 0 aliphatic carbocycles. The Morgan fingerprint density at radius 2 is 1.95 bits per heavy atom. The van der Waals surface area contributed by atoms with Crippen LogP contribution in [0.3, 0.4) is 0 Å². The molecule has 2 heterocycles. The van der Waals surface area contributed by atoms with Crippen LogP contribution in [0.4, 0.5) is 18.9 Å². The first-order chi connectivity index (χ1) is 8.86. The molecule has 104 valence electrons. The van der Waals surface area contributed by atoms with E-state index in [2.05, 4.69) is 10.1 Å². The molecule has 0 unspecified atom stereocenters. The lowest BCUT2D eigenvalue weighted by Gasteiger charge is -2.07. The zero-order valence-electron chi connectivity index (χ0n) is 10.7. The Labute approximate surface area is 108 Å². The highest BCUT2D eigenvalue weighted by atomic mass is 19.4. The maximum absolute atomic E-state index is 12.7. The minimum Gasteiger partial charge on any atom is -0.396 e. The smallest absolute Gasteiger partial charge is 0.396 e. The maximum atomic E-state index is 12.7. The topological polar surface area (TPSA) is 56.2 Å². The van der Waals surface area contributed by atoms with Crippen molar-refractivity contribution in [2.45, 2.75) is 38.8 Å². The van der Waals surface area contributed by atoms with Crippen LogP contribution in [0.1, 0.15) is 44.0 Å². The van der Waals surface area contributed by atoms with Crippen molar-refractivity contribution in [3.63, 3.8) is 0 Å². The molecule has 0 saturated carbocycles. The van der Waals surface area contributed by atoms with Gasteiger partial charge in [0.2, 0.25) is 0 Å². The lowest BCUT2D eigenvalue weighted by atomic mass is 10.0. The Kier molecular flexibility index (Phi) is 3.38. The van der Waals surface area contributed by atoms with Crippen molar-refractivity contribution in [1.82, 2.24) is 14.6 Å². The summed E-state index contributed by atoms with van der Waals surface area (Å²) in [6, 6.07) is 0.890. The number of fused-ring (bicyclic) bond motifs is 1. The van der Waals surface area contributed by atoms with Crippen molar-refractivity contribution >= 4 is 11.3 Å². The molecule has 0 radical (unpaired) electrons. The molecule has 0 bridgehead atoms. The highest BCUT2D eigenvalue weighted by molar-refractivity contribution is 5.65. The van der Waals surface area contributed by atoms with Crippen LogP contribution in [0.5, 0.6) is 0 Å². The molecule has 0 fully saturated rings. The molecule has 0 saturated heterocycles. The molecule has 0 aliphatic heterocycles. The zero-order valence-corrected chi connectivity index (χ0v) is 10.7. The van der Waals surface area contributed by atoms with E-state index >= 15 is 0 Å². The highest BCUT2D eigenvalue weighted by Crippen LogP contribution is 2.31. The van der Waals surface area contributed by atoms with E-state index in [-0.39, 0.29) is 17.3 Å². The van der Waals surface area contributed by atoms with Gasteiger partial charge in [-0.15, -0.1) is 0 Å². The number of hydrogen-bond acceptors (Lipinski definition) is 3. The molecule has 0 spiro atoms. The second kappa shape index (κ2) is 4.71. The highest BCUT2D eigenvalue weighted by Gasteiger charge is 2.32. The molecule has 2 rings (SSSR count). The van der Waals surface area contributed by atoms with Crippen LogP contribution in [0.25, 0.3) is 5.65 Å². The largest absolute Gasteiger partial charge is 0.417 e. The van der Waals surface area contributed by atoms with Crippen LogP contribution in [-0.4, -0.2) is 14.6 Å². The number of halogens is 3. The second-order valence-corrected chi connectivity index (χ2v) is 4.43. The third-order valence-electron chi connectivity index (χ3n) is 3.16. The molecule has 4 nitrogen and oxygen atoms in total. The Hall–Kier alpha value is -1.79. The minimum atomic E-state index is -4.44. The molecule has 0 atom stereocenters. The third kappa shape index (κ3) is 2.50. The average Bonchev–Trinajstić information content (AvgIpc) is 2.74. The number of hydrogen-bond donors (Lipinski definition) is 1. The lowest BCUT2D eigenvalue weighted by molar-refractivity contribution is -0.137. The van der Waals surface area contributed by atoms with Gasteiger partial charge in [0.25, 0.3) is 0 Å². The molecule has 0 aliphatic rings. The molecule has 0 amide bonds. The van der Waals surface area contributed by atoms with Gasteiger partial charge < -0.3 is 5.73 Å². The van der Waals surface area contributed by atoms with Gasteiger partial charge in [0.1, 0.15) is 0 Å². The van der Waals surface area contributed by atoms with Crippen molar-refractivity contribution in [2.24, 2.45) is 0 Å². The van der Waals surface area contributed by atoms with E-state index in [0.717, 1.165) is 29.6 Å². The number of nitrogens with two attached hydrogens (primary N) is 1. The Morgan fingerprint density at radius 3 is 2.47 bits per heavy atom.